The van der Waals surface area contributed by atoms with Gasteiger partial charge in [0, 0.05) is 11.8 Å². The van der Waals surface area contributed by atoms with Gasteiger partial charge in [-0.15, -0.1) is 0 Å². The maximum Gasteiger partial charge on any atom is 0.227 e. The van der Waals surface area contributed by atoms with Gasteiger partial charge in [0.1, 0.15) is 5.75 Å². The lowest BCUT2D eigenvalue weighted by molar-refractivity contribution is 0.0425. The zero-order chi connectivity index (χ0) is 18.4. The summed E-state index contributed by atoms with van der Waals surface area (Å²) in [5, 5.41) is 2.25. The Kier molecular flexibility index (Phi) is 3.44. The Hall–Kier alpha value is -3.33. The zero-order valence-electron chi connectivity index (χ0n) is 15.1. The van der Waals surface area contributed by atoms with Crippen molar-refractivity contribution in [2.75, 3.05) is 0 Å². The molecule has 0 N–H and O–H groups in total. The lowest BCUT2D eigenvalue weighted by atomic mass is 9.84. The van der Waals surface area contributed by atoms with Gasteiger partial charge in [0.25, 0.3) is 0 Å². The molecule has 4 aromatic rings. The summed E-state index contributed by atoms with van der Waals surface area (Å²) < 4.78 is 8.44. The van der Waals surface area contributed by atoms with E-state index in [1.165, 1.54) is 0 Å². The van der Waals surface area contributed by atoms with Crippen molar-refractivity contribution in [2.24, 2.45) is 0 Å². The Morgan fingerprint density at radius 1 is 0.889 bits per heavy atom. The summed E-state index contributed by atoms with van der Waals surface area (Å²) in [4.78, 5) is 13.7. The van der Waals surface area contributed by atoms with Crippen LogP contribution in [0.3, 0.4) is 0 Å². The molecule has 1 atom stereocenters. The van der Waals surface area contributed by atoms with E-state index >= 15 is 0 Å². The number of hydrogen-bond donors (Lipinski definition) is 0. The Labute approximate surface area is 157 Å². The molecule has 0 radical (unpaired) electrons. The molecule has 3 heteroatoms. The molecule has 0 unspecified atom stereocenters. The Bertz CT molecular complexity index is 1170. The summed E-state index contributed by atoms with van der Waals surface area (Å²) in [6.45, 7) is 2.01. The lowest BCUT2D eigenvalue weighted by Crippen LogP contribution is -2.41. The number of nitrogens with zero attached hydrogens (tertiary/aromatic N) is 1. The van der Waals surface area contributed by atoms with Gasteiger partial charge in [0.05, 0.1) is 11.4 Å². The molecule has 1 aliphatic rings. The number of ketones is 1. The van der Waals surface area contributed by atoms with Crippen LogP contribution < -0.4 is 4.74 Å². The molecule has 1 aromatic heterocycles. The minimum atomic E-state index is -1.05. The molecule has 0 amide bonds. The summed E-state index contributed by atoms with van der Waals surface area (Å²) in [7, 11) is 0. The van der Waals surface area contributed by atoms with E-state index < -0.39 is 5.60 Å². The fourth-order valence-electron chi connectivity index (χ4n) is 4.03. The first-order valence-electron chi connectivity index (χ1n) is 9.23. The summed E-state index contributed by atoms with van der Waals surface area (Å²) in [5.41, 5.74) is 1.38. The van der Waals surface area contributed by atoms with Gasteiger partial charge in [-0.2, -0.15) is 0 Å². The van der Waals surface area contributed by atoms with Gasteiger partial charge < -0.3 is 9.30 Å². The van der Waals surface area contributed by atoms with E-state index in [1.54, 1.807) is 0 Å². The fourth-order valence-corrected chi connectivity index (χ4v) is 4.03. The van der Waals surface area contributed by atoms with E-state index in [1.807, 2.05) is 72.3 Å². The number of carbonyl (C=O) groups excluding carboxylic acids is 1. The van der Waals surface area contributed by atoms with Crippen molar-refractivity contribution in [1.82, 2.24) is 4.57 Å². The van der Waals surface area contributed by atoms with Gasteiger partial charge in [-0.05, 0) is 47.5 Å². The number of Topliss-reactive ketones (excluding diaryl/α,β-unsaturated/α-hetero) is 1. The van der Waals surface area contributed by atoms with Crippen LogP contribution in [-0.2, 0) is 5.60 Å². The van der Waals surface area contributed by atoms with Crippen LogP contribution >= 0.6 is 0 Å². The van der Waals surface area contributed by atoms with E-state index in [2.05, 4.69) is 24.3 Å². The van der Waals surface area contributed by atoms with Gasteiger partial charge in [-0.1, -0.05) is 55.5 Å². The predicted molar refractivity (Wildman–Crippen MR) is 107 cm³/mol. The molecule has 3 nitrogen and oxygen atoms in total. The first-order valence-corrected chi connectivity index (χ1v) is 9.23. The topological polar surface area (TPSA) is 31.2 Å². The van der Waals surface area contributed by atoms with Crippen LogP contribution in [0.15, 0.2) is 85.1 Å². The van der Waals surface area contributed by atoms with Crippen LogP contribution in [0.25, 0.3) is 16.5 Å². The number of para-hydroxylation sites is 2. The zero-order valence-corrected chi connectivity index (χ0v) is 15.1. The second-order valence-corrected chi connectivity index (χ2v) is 6.90. The third-order valence-electron chi connectivity index (χ3n) is 5.47. The highest BCUT2D eigenvalue weighted by Gasteiger charge is 2.45. The van der Waals surface area contributed by atoms with Crippen molar-refractivity contribution < 1.29 is 9.53 Å². The van der Waals surface area contributed by atoms with Crippen LogP contribution in [0.1, 0.15) is 29.4 Å². The summed E-state index contributed by atoms with van der Waals surface area (Å²) in [6.07, 6.45) is 2.46. The van der Waals surface area contributed by atoms with E-state index in [9.17, 15) is 4.79 Å². The van der Waals surface area contributed by atoms with Crippen molar-refractivity contribution in [3.05, 3.63) is 96.3 Å². The summed E-state index contributed by atoms with van der Waals surface area (Å²) in [6, 6.07) is 26.0. The van der Waals surface area contributed by atoms with E-state index in [-0.39, 0.29) is 5.78 Å². The van der Waals surface area contributed by atoms with Crippen molar-refractivity contribution in [3.63, 3.8) is 0 Å². The maximum absolute atomic E-state index is 13.7. The largest absolute Gasteiger partial charge is 0.472 e. The average molecular weight is 353 g/mol. The summed E-state index contributed by atoms with van der Waals surface area (Å²) in [5.74, 6) is 0.706. The van der Waals surface area contributed by atoms with Gasteiger partial charge in [0.2, 0.25) is 5.78 Å². The molecular weight excluding hydrogens is 334 g/mol. The second kappa shape index (κ2) is 5.85. The molecule has 2 heterocycles. The van der Waals surface area contributed by atoms with Gasteiger partial charge in [0.15, 0.2) is 5.60 Å². The van der Waals surface area contributed by atoms with Crippen molar-refractivity contribution in [1.29, 1.82) is 0 Å². The monoisotopic (exact) mass is 353 g/mol. The molecule has 0 aliphatic carbocycles. The lowest BCUT2D eigenvalue weighted by Gasteiger charge is -2.31. The SMILES string of the molecule is CC[C@]1(c2ccc3ccccc3c2)Oc2ccccc2-n2cccc2C1=O. The first-order chi connectivity index (χ1) is 13.2. The standard InChI is InChI=1S/C24H19NO2/c1-2-24(19-14-13-17-8-3-4-9-18(17)16-19)23(26)21-11-7-15-25(21)20-10-5-6-12-22(20)27-24/h3-16H,2H2,1H3/t24-/m1/s1. The van der Waals surface area contributed by atoms with E-state index in [0.29, 0.717) is 12.1 Å². The highest BCUT2D eigenvalue weighted by atomic mass is 16.5. The number of ether oxygens (including phenoxy) is 1. The summed E-state index contributed by atoms with van der Waals surface area (Å²) >= 11 is 0. The Morgan fingerprint density at radius 2 is 1.67 bits per heavy atom. The number of benzene rings is 3. The normalized spacial score (nSPS) is 18.5. The fraction of sp³-hybridized carbons (Fsp3) is 0.125. The average Bonchev–Trinajstić information content (AvgIpc) is 3.17. The third kappa shape index (κ3) is 2.25. The Morgan fingerprint density at radius 3 is 2.52 bits per heavy atom. The molecule has 0 saturated carbocycles. The maximum atomic E-state index is 13.7. The number of hydrogen-bond acceptors (Lipinski definition) is 2. The molecule has 132 valence electrons. The molecule has 3 aromatic carbocycles. The van der Waals surface area contributed by atoms with E-state index in [0.717, 1.165) is 27.8 Å². The molecule has 0 spiro atoms. The van der Waals surface area contributed by atoms with E-state index in [4.69, 9.17) is 4.74 Å². The molecule has 0 fully saturated rings. The minimum absolute atomic E-state index is 0.0125. The second-order valence-electron chi connectivity index (χ2n) is 6.90. The minimum Gasteiger partial charge on any atom is -0.472 e. The number of aromatic nitrogens is 1. The van der Waals surface area contributed by atoms with Crippen molar-refractivity contribution in [3.8, 4) is 11.4 Å². The van der Waals surface area contributed by atoms with Crippen molar-refractivity contribution >= 4 is 16.6 Å². The molecule has 27 heavy (non-hydrogen) atoms. The van der Waals surface area contributed by atoms with Gasteiger partial charge in [-0.3, -0.25) is 4.79 Å². The number of rotatable bonds is 2. The quantitative estimate of drug-likeness (QED) is 0.476. The van der Waals surface area contributed by atoms with Crippen LogP contribution in [0, 0.1) is 0 Å². The Balaban J connectivity index is 1.79. The molecule has 0 saturated heterocycles. The highest BCUT2D eigenvalue weighted by Crippen LogP contribution is 2.41. The predicted octanol–water partition coefficient (Wildman–Crippen LogP) is 5.51. The van der Waals surface area contributed by atoms with Crippen molar-refractivity contribution in [2.45, 2.75) is 18.9 Å². The highest BCUT2D eigenvalue weighted by molar-refractivity contribution is 6.04. The first kappa shape index (κ1) is 15.9. The van der Waals surface area contributed by atoms with Crippen LogP contribution in [0.4, 0.5) is 0 Å². The van der Waals surface area contributed by atoms with Crippen LogP contribution in [0.5, 0.6) is 5.75 Å². The van der Waals surface area contributed by atoms with Gasteiger partial charge >= 0.3 is 0 Å². The van der Waals surface area contributed by atoms with Crippen LogP contribution in [-0.4, -0.2) is 10.4 Å². The molecule has 0 bridgehead atoms. The molecular formula is C24H19NO2. The molecule has 5 rings (SSSR count). The van der Waals surface area contributed by atoms with Gasteiger partial charge in [-0.25, -0.2) is 0 Å². The molecule has 1 aliphatic heterocycles. The third-order valence-corrected chi connectivity index (χ3v) is 5.47. The number of fused-ring (bicyclic) bond motifs is 4. The smallest absolute Gasteiger partial charge is 0.227 e. The number of carbonyl (C=O) groups is 1. The van der Waals surface area contributed by atoms with Crippen LogP contribution in [0.2, 0.25) is 0 Å².